The van der Waals surface area contributed by atoms with Crippen LogP contribution < -0.4 is 16.0 Å². The van der Waals surface area contributed by atoms with Crippen LogP contribution in [0.25, 0.3) is 0 Å². The third-order valence-electron chi connectivity index (χ3n) is 2.95. The molecule has 0 amide bonds. The second-order valence-corrected chi connectivity index (χ2v) is 5.23. The number of hydrogen-bond donors (Lipinski definition) is 2. The normalized spacial score (nSPS) is 13.2. The molecule has 7 nitrogen and oxygen atoms in total. The molecule has 0 aliphatic heterocycles. The van der Waals surface area contributed by atoms with Crippen LogP contribution in [0.5, 0.6) is 5.75 Å². The number of methoxy groups -OCH3 is 1. The van der Waals surface area contributed by atoms with Gasteiger partial charge in [0, 0.05) is 6.54 Å². The number of nitrogens with zero attached hydrogens (tertiary/aromatic N) is 3. The van der Waals surface area contributed by atoms with Gasteiger partial charge in [0.25, 0.3) is 0 Å². The van der Waals surface area contributed by atoms with Crippen molar-refractivity contribution < 1.29 is 9.47 Å². The molecule has 0 spiro atoms. The van der Waals surface area contributed by atoms with Crippen LogP contribution in [-0.2, 0) is 11.3 Å². The van der Waals surface area contributed by atoms with E-state index in [0.717, 1.165) is 24.5 Å². The minimum absolute atomic E-state index is 0.148. The van der Waals surface area contributed by atoms with Gasteiger partial charge in [-0.1, -0.05) is 0 Å². The first-order valence-electron chi connectivity index (χ1n) is 6.81. The van der Waals surface area contributed by atoms with Gasteiger partial charge in [0.1, 0.15) is 5.69 Å². The predicted molar refractivity (Wildman–Crippen MR) is 78.5 cm³/mol. The van der Waals surface area contributed by atoms with Crippen LogP contribution >= 0.6 is 0 Å². The summed E-state index contributed by atoms with van der Waals surface area (Å²) in [4.78, 5) is 2.10. The van der Waals surface area contributed by atoms with Crippen molar-refractivity contribution in [2.24, 2.45) is 5.84 Å². The van der Waals surface area contributed by atoms with E-state index in [1.54, 1.807) is 13.3 Å². The Bertz CT molecular complexity index is 392. The summed E-state index contributed by atoms with van der Waals surface area (Å²) in [6.07, 6.45) is 1.86. The number of ether oxygens (including phenoxy) is 2. The predicted octanol–water partition coefficient (Wildman–Crippen LogP) is 0.383. The summed E-state index contributed by atoms with van der Waals surface area (Å²) in [5, 5.41) is 4.37. The molecule has 0 bridgehead atoms. The summed E-state index contributed by atoms with van der Waals surface area (Å²) in [6.45, 7) is 6.12. The first kappa shape index (κ1) is 16.9. The van der Waals surface area contributed by atoms with Crippen molar-refractivity contribution in [3.8, 4) is 5.75 Å². The van der Waals surface area contributed by atoms with Gasteiger partial charge in [-0.15, -0.1) is 0 Å². The van der Waals surface area contributed by atoms with Gasteiger partial charge in [-0.25, -0.2) is 5.43 Å². The van der Waals surface area contributed by atoms with Crippen LogP contribution in [0.2, 0.25) is 0 Å². The minimum Gasteiger partial charge on any atom is -0.493 e. The summed E-state index contributed by atoms with van der Waals surface area (Å²) in [5.74, 6) is 6.38. The molecule has 1 unspecified atom stereocenters. The first-order chi connectivity index (χ1) is 9.49. The van der Waals surface area contributed by atoms with E-state index in [4.69, 9.17) is 15.3 Å². The summed E-state index contributed by atoms with van der Waals surface area (Å²) < 4.78 is 12.9. The fourth-order valence-electron chi connectivity index (χ4n) is 1.85. The number of aromatic nitrogens is 2. The number of rotatable bonds is 9. The van der Waals surface area contributed by atoms with Crippen molar-refractivity contribution in [1.29, 1.82) is 0 Å². The number of nitrogens with one attached hydrogen (secondary N) is 1. The summed E-state index contributed by atoms with van der Waals surface area (Å²) in [6, 6.07) is -0.156. The molecular weight excluding hydrogens is 258 g/mol. The third kappa shape index (κ3) is 4.75. The molecule has 1 aromatic rings. The summed E-state index contributed by atoms with van der Waals surface area (Å²) >= 11 is 0. The van der Waals surface area contributed by atoms with Gasteiger partial charge in [0.2, 0.25) is 0 Å². The Morgan fingerprint density at radius 1 is 1.45 bits per heavy atom. The molecule has 0 aromatic carbocycles. The highest BCUT2D eigenvalue weighted by atomic mass is 16.5. The van der Waals surface area contributed by atoms with Gasteiger partial charge in [0.15, 0.2) is 5.75 Å². The molecule has 0 saturated carbocycles. The second-order valence-electron chi connectivity index (χ2n) is 5.23. The molecule has 0 fully saturated rings. The Hall–Kier alpha value is -1.15. The molecule has 0 aliphatic rings. The SMILES string of the molecule is COc1cnn(CCN(C)C)c1C(COC(C)C)NN. The maximum Gasteiger partial charge on any atom is 0.161 e. The van der Waals surface area contributed by atoms with Crippen molar-refractivity contribution in [2.45, 2.75) is 32.5 Å². The first-order valence-corrected chi connectivity index (χ1v) is 6.81. The zero-order chi connectivity index (χ0) is 15.1. The molecule has 3 N–H and O–H groups in total. The van der Waals surface area contributed by atoms with Crippen LogP contribution in [-0.4, -0.2) is 55.1 Å². The van der Waals surface area contributed by atoms with Crippen molar-refractivity contribution in [3.05, 3.63) is 11.9 Å². The Balaban J connectivity index is 2.89. The lowest BCUT2D eigenvalue weighted by molar-refractivity contribution is 0.0587. The van der Waals surface area contributed by atoms with E-state index in [-0.39, 0.29) is 12.1 Å². The lowest BCUT2D eigenvalue weighted by atomic mass is 10.2. The Morgan fingerprint density at radius 3 is 2.65 bits per heavy atom. The highest BCUT2D eigenvalue weighted by molar-refractivity contribution is 5.28. The van der Waals surface area contributed by atoms with Crippen LogP contribution in [0.4, 0.5) is 0 Å². The average Bonchev–Trinajstić information content (AvgIpc) is 2.80. The maximum atomic E-state index is 5.66. The van der Waals surface area contributed by atoms with Crippen LogP contribution in [0.3, 0.4) is 0 Å². The molecule has 1 aromatic heterocycles. The van der Waals surface area contributed by atoms with Crippen molar-refractivity contribution in [1.82, 2.24) is 20.1 Å². The van der Waals surface area contributed by atoms with E-state index in [2.05, 4.69) is 15.4 Å². The van der Waals surface area contributed by atoms with Crippen molar-refractivity contribution in [3.63, 3.8) is 0 Å². The van der Waals surface area contributed by atoms with Gasteiger partial charge >= 0.3 is 0 Å². The molecule has 0 aliphatic carbocycles. The van der Waals surface area contributed by atoms with Gasteiger partial charge in [-0.3, -0.25) is 10.5 Å². The maximum absolute atomic E-state index is 5.66. The third-order valence-corrected chi connectivity index (χ3v) is 2.95. The van der Waals surface area contributed by atoms with Gasteiger partial charge in [-0.05, 0) is 27.9 Å². The molecular formula is C13H27N5O2. The van der Waals surface area contributed by atoms with E-state index in [9.17, 15) is 0 Å². The number of nitrogens with two attached hydrogens (primary N) is 1. The zero-order valence-corrected chi connectivity index (χ0v) is 13.1. The fraction of sp³-hybridized carbons (Fsp3) is 0.769. The highest BCUT2D eigenvalue weighted by Crippen LogP contribution is 2.25. The Labute approximate surface area is 121 Å². The molecule has 116 valence electrons. The molecule has 20 heavy (non-hydrogen) atoms. The molecule has 0 saturated heterocycles. The lowest BCUT2D eigenvalue weighted by Crippen LogP contribution is -2.34. The minimum atomic E-state index is -0.156. The monoisotopic (exact) mass is 285 g/mol. The fourth-order valence-corrected chi connectivity index (χ4v) is 1.85. The second kappa shape index (κ2) is 8.21. The largest absolute Gasteiger partial charge is 0.493 e. The standard InChI is InChI=1S/C13H27N5O2/c1-10(2)20-9-11(16-14)13-12(19-5)8-15-18(13)7-6-17(3)4/h8,10-11,16H,6-7,9,14H2,1-5H3. The van der Waals surface area contributed by atoms with Crippen LogP contribution in [0.15, 0.2) is 6.20 Å². The number of hydrogen-bond acceptors (Lipinski definition) is 6. The number of likely N-dealkylation sites (N-methyl/N-ethyl adjacent to an activating group) is 1. The lowest BCUT2D eigenvalue weighted by Gasteiger charge is -2.21. The van der Waals surface area contributed by atoms with Crippen LogP contribution in [0, 0.1) is 0 Å². The van der Waals surface area contributed by atoms with Crippen molar-refractivity contribution in [2.75, 3.05) is 34.4 Å². The highest BCUT2D eigenvalue weighted by Gasteiger charge is 2.21. The van der Waals surface area contributed by atoms with E-state index >= 15 is 0 Å². The van der Waals surface area contributed by atoms with Gasteiger partial charge < -0.3 is 14.4 Å². The van der Waals surface area contributed by atoms with Crippen molar-refractivity contribution >= 4 is 0 Å². The molecule has 1 heterocycles. The van der Waals surface area contributed by atoms with Crippen LogP contribution in [0.1, 0.15) is 25.6 Å². The molecule has 1 rings (SSSR count). The summed E-state index contributed by atoms with van der Waals surface area (Å²) in [7, 11) is 5.69. The Morgan fingerprint density at radius 2 is 2.15 bits per heavy atom. The van der Waals surface area contributed by atoms with E-state index in [1.807, 2.05) is 32.6 Å². The van der Waals surface area contributed by atoms with E-state index < -0.39 is 0 Å². The quantitative estimate of drug-likeness (QED) is 0.504. The molecule has 0 radical (unpaired) electrons. The van der Waals surface area contributed by atoms with Gasteiger partial charge in [0.05, 0.1) is 38.6 Å². The topological polar surface area (TPSA) is 77.6 Å². The van der Waals surface area contributed by atoms with E-state index in [0.29, 0.717) is 6.61 Å². The zero-order valence-electron chi connectivity index (χ0n) is 13.1. The Kier molecular flexibility index (Phi) is 6.94. The van der Waals surface area contributed by atoms with E-state index in [1.165, 1.54) is 0 Å². The average molecular weight is 285 g/mol. The number of hydrazine groups is 1. The smallest absolute Gasteiger partial charge is 0.161 e. The molecule has 1 atom stereocenters. The molecule has 7 heteroatoms. The van der Waals surface area contributed by atoms with Gasteiger partial charge in [-0.2, -0.15) is 5.10 Å². The summed E-state index contributed by atoms with van der Waals surface area (Å²) in [5.41, 5.74) is 3.70.